The van der Waals surface area contributed by atoms with Crippen molar-refractivity contribution in [3.63, 3.8) is 0 Å². The molecule has 1 rings (SSSR count). The lowest BCUT2D eigenvalue weighted by atomic mass is 9.91. The molecule has 0 N–H and O–H groups in total. The third-order valence-corrected chi connectivity index (χ3v) is 1.75. The van der Waals surface area contributed by atoms with Crippen molar-refractivity contribution >= 4 is 11.6 Å². The molecule has 0 unspecified atom stereocenters. The zero-order chi connectivity index (χ0) is 9.19. The minimum absolute atomic E-state index is 0.340. The molecule has 3 nitrogen and oxygen atoms in total. The highest BCUT2D eigenvalue weighted by Crippen LogP contribution is 2.19. The fourth-order valence-corrected chi connectivity index (χ4v) is 0.807. The molecule has 0 saturated heterocycles. The highest BCUT2D eigenvalue weighted by molar-refractivity contribution is 6.29. The van der Waals surface area contributed by atoms with Crippen molar-refractivity contribution in [2.24, 2.45) is 0 Å². The number of halogens is 1. The van der Waals surface area contributed by atoms with E-state index in [0.29, 0.717) is 10.8 Å². The van der Waals surface area contributed by atoms with Crippen LogP contribution in [0.2, 0.25) is 5.15 Å². The predicted molar refractivity (Wildman–Crippen MR) is 45.7 cm³/mol. The Kier molecular flexibility index (Phi) is 2.30. The standard InChI is InChI=1S/C8H8ClN3/c1-8(2,5-10)6-3-4-7(9)12-11-6/h3-4H,1-2H3. The molecule has 12 heavy (non-hydrogen) atoms. The molecule has 0 fully saturated rings. The number of hydrogen-bond acceptors (Lipinski definition) is 3. The maximum absolute atomic E-state index is 8.77. The first-order chi connectivity index (χ1) is 5.56. The lowest BCUT2D eigenvalue weighted by Gasteiger charge is -2.12. The zero-order valence-electron chi connectivity index (χ0n) is 6.87. The summed E-state index contributed by atoms with van der Waals surface area (Å²) >= 11 is 5.55. The fourth-order valence-electron chi connectivity index (χ4n) is 0.707. The van der Waals surface area contributed by atoms with Crippen LogP contribution in [0.1, 0.15) is 19.5 Å². The summed E-state index contributed by atoms with van der Waals surface area (Å²) in [4.78, 5) is 0. The van der Waals surface area contributed by atoms with Crippen LogP contribution in [-0.2, 0) is 5.41 Å². The Morgan fingerprint density at radius 2 is 2.08 bits per heavy atom. The Hall–Kier alpha value is -1.14. The highest BCUT2D eigenvalue weighted by atomic mass is 35.5. The van der Waals surface area contributed by atoms with Crippen LogP contribution in [0.25, 0.3) is 0 Å². The summed E-state index contributed by atoms with van der Waals surface area (Å²) in [6.45, 7) is 3.57. The van der Waals surface area contributed by atoms with Crippen LogP contribution < -0.4 is 0 Å². The summed E-state index contributed by atoms with van der Waals surface area (Å²) in [6, 6.07) is 5.47. The van der Waals surface area contributed by atoms with Crippen molar-refractivity contribution < 1.29 is 0 Å². The van der Waals surface area contributed by atoms with Gasteiger partial charge in [0, 0.05) is 0 Å². The summed E-state index contributed by atoms with van der Waals surface area (Å²) in [7, 11) is 0. The van der Waals surface area contributed by atoms with Crippen LogP contribution >= 0.6 is 11.6 Å². The molecule has 1 heterocycles. The summed E-state index contributed by atoms with van der Waals surface area (Å²) < 4.78 is 0. The van der Waals surface area contributed by atoms with Gasteiger partial charge < -0.3 is 0 Å². The van der Waals surface area contributed by atoms with E-state index >= 15 is 0 Å². The zero-order valence-corrected chi connectivity index (χ0v) is 7.63. The molecule has 0 aliphatic carbocycles. The first-order valence-corrected chi connectivity index (χ1v) is 3.85. The average molecular weight is 182 g/mol. The van der Waals surface area contributed by atoms with Gasteiger partial charge in [-0.15, -0.1) is 5.10 Å². The molecule has 4 heteroatoms. The van der Waals surface area contributed by atoms with Crippen molar-refractivity contribution in [3.8, 4) is 6.07 Å². The van der Waals surface area contributed by atoms with E-state index in [4.69, 9.17) is 16.9 Å². The average Bonchev–Trinajstić information content (AvgIpc) is 2.05. The fraction of sp³-hybridized carbons (Fsp3) is 0.375. The van der Waals surface area contributed by atoms with Gasteiger partial charge in [-0.05, 0) is 26.0 Å². The molecule has 0 spiro atoms. The third kappa shape index (κ3) is 1.72. The van der Waals surface area contributed by atoms with Crippen molar-refractivity contribution in [1.29, 1.82) is 5.26 Å². The molecule has 0 aliphatic heterocycles. The van der Waals surface area contributed by atoms with Gasteiger partial charge in [0.1, 0.15) is 0 Å². The molecule has 0 atom stereocenters. The quantitative estimate of drug-likeness (QED) is 0.665. The van der Waals surface area contributed by atoms with Gasteiger partial charge in [-0.3, -0.25) is 0 Å². The van der Waals surface area contributed by atoms with Gasteiger partial charge >= 0.3 is 0 Å². The van der Waals surface area contributed by atoms with Crippen LogP contribution in [0.4, 0.5) is 0 Å². The molecule has 0 saturated carbocycles. The van der Waals surface area contributed by atoms with Gasteiger partial charge in [-0.25, -0.2) is 0 Å². The second-order valence-electron chi connectivity index (χ2n) is 2.98. The van der Waals surface area contributed by atoms with E-state index in [-0.39, 0.29) is 0 Å². The Morgan fingerprint density at radius 3 is 2.50 bits per heavy atom. The number of nitrogens with zero attached hydrogens (tertiary/aromatic N) is 3. The monoisotopic (exact) mass is 181 g/mol. The number of hydrogen-bond donors (Lipinski definition) is 0. The van der Waals surface area contributed by atoms with Gasteiger partial charge in [0.05, 0.1) is 17.2 Å². The first kappa shape index (κ1) is 8.95. The second kappa shape index (κ2) is 3.08. The molecule has 0 amide bonds. The van der Waals surface area contributed by atoms with Crippen molar-refractivity contribution in [1.82, 2.24) is 10.2 Å². The lowest BCUT2D eigenvalue weighted by Crippen LogP contribution is -2.16. The summed E-state index contributed by atoms with van der Waals surface area (Å²) in [5.74, 6) is 0. The minimum atomic E-state index is -0.600. The first-order valence-electron chi connectivity index (χ1n) is 3.47. The van der Waals surface area contributed by atoms with Crippen LogP contribution in [0.3, 0.4) is 0 Å². The summed E-state index contributed by atoms with van der Waals surface area (Å²) in [5, 5.41) is 16.6. The SMILES string of the molecule is CC(C)(C#N)c1ccc(Cl)nn1. The Bertz CT molecular complexity index is 310. The molecule has 1 aromatic heterocycles. The van der Waals surface area contributed by atoms with E-state index in [9.17, 15) is 0 Å². The molecule has 0 radical (unpaired) electrons. The Labute approximate surface area is 76.0 Å². The van der Waals surface area contributed by atoms with Gasteiger partial charge in [0.15, 0.2) is 5.15 Å². The maximum atomic E-state index is 8.77. The molecule has 1 aromatic rings. The van der Waals surface area contributed by atoms with E-state index in [2.05, 4.69) is 16.3 Å². The summed E-state index contributed by atoms with van der Waals surface area (Å²) in [5.41, 5.74) is 0.0341. The lowest BCUT2D eigenvalue weighted by molar-refractivity contribution is 0.643. The largest absolute Gasteiger partial charge is 0.197 e. The van der Waals surface area contributed by atoms with Crippen LogP contribution in [0, 0.1) is 11.3 Å². The molecule has 0 aliphatic rings. The molecule has 62 valence electrons. The van der Waals surface area contributed by atoms with E-state index in [1.807, 2.05) is 0 Å². The Morgan fingerprint density at radius 1 is 1.42 bits per heavy atom. The molecule has 0 aromatic carbocycles. The van der Waals surface area contributed by atoms with Crippen molar-refractivity contribution in [2.45, 2.75) is 19.3 Å². The van der Waals surface area contributed by atoms with E-state index < -0.39 is 5.41 Å². The maximum Gasteiger partial charge on any atom is 0.151 e. The minimum Gasteiger partial charge on any atom is -0.197 e. The number of rotatable bonds is 1. The van der Waals surface area contributed by atoms with Crippen LogP contribution in [0.15, 0.2) is 12.1 Å². The van der Waals surface area contributed by atoms with Gasteiger partial charge in [-0.1, -0.05) is 11.6 Å². The molecular weight excluding hydrogens is 174 g/mol. The Balaban J connectivity index is 3.07. The topological polar surface area (TPSA) is 49.6 Å². The van der Waals surface area contributed by atoms with Crippen LogP contribution in [-0.4, -0.2) is 10.2 Å². The predicted octanol–water partition coefficient (Wildman–Crippen LogP) is 1.93. The third-order valence-electron chi connectivity index (χ3n) is 1.55. The second-order valence-corrected chi connectivity index (χ2v) is 3.37. The number of nitriles is 1. The van der Waals surface area contributed by atoms with Gasteiger partial charge in [0.25, 0.3) is 0 Å². The molecule has 0 bridgehead atoms. The van der Waals surface area contributed by atoms with E-state index in [1.165, 1.54) is 0 Å². The van der Waals surface area contributed by atoms with Gasteiger partial charge in [0.2, 0.25) is 0 Å². The van der Waals surface area contributed by atoms with Crippen LogP contribution in [0.5, 0.6) is 0 Å². The molecular formula is C8H8ClN3. The van der Waals surface area contributed by atoms with Crippen molar-refractivity contribution in [3.05, 3.63) is 23.0 Å². The van der Waals surface area contributed by atoms with Crippen molar-refractivity contribution in [2.75, 3.05) is 0 Å². The van der Waals surface area contributed by atoms with E-state index in [1.54, 1.807) is 26.0 Å². The van der Waals surface area contributed by atoms with E-state index in [0.717, 1.165) is 0 Å². The highest BCUT2D eigenvalue weighted by Gasteiger charge is 2.21. The normalized spacial score (nSPS) is 10.8. The van der Waals surface area contributed by atoms with Gasteiger partial charge in [-0.2, -0.15) is 10.4 Å². The number of aromatic nitrogens is 2. The smallest absolute Gasteiger partial charge is 0.151 e. The summed E-state index contributed by atoms with van der Waals surface area (Å²) in [6.07, 6.45) is 0.